The van der Waals surface area contributed by atoms with Crippen LogP contribution in [0.1, 0.15) is 46.5 Å². The van der Waals surface area contributed by atoms with E-state index in [1.54, 1.807) is 4.90 Å². The molecule has 190 valence electrons. The van der Waals surface area contributed by atoms with Crippen LogP contribution in [0.5, 0.6) is 0 Å². The molecule has 1 aromatic carbocycles. The summed E-state index contributed by atoms with van der Waals surface area (Å²) in [5.41, 5.74) is 0.463. The third-order valence-corrected chi connectivity index (χ3v) is 7.96. The molecule has 9 heteroatoms. The molecule has 0 aromatic heterocycles. The number of hydrogen-bond acceptors (Lipinski definition) is 6. The van der Waals surface area contributed by atoms with Crippen LogP contribution in [0, 0.1) is 0 Å². The van der Waals surface area contributed by atoms with Crippen molar-refractivity contribution in [3.8, 4) is 0 Å². The molecule has 2 aliphatic heterocycles. The minimum Gasteiger partial charge on any atom is -0.444 e. The van der Waals surface area contributed by atoms with Crippen molar-refractivity contribution in [1.29, 1.82) is 0 Å². The monoisotopic (exact) mass is 512 g/mol. The summed E-state index contributed by atoms with van der Waals surface area (Å²) in [6.07, 6.45) is 3.86. The van der Waals surface area contributed by atoms with E-state index >= 15 is 0 Å². The van der Waals surface area contributed by atoms with Crippen LogP contribution in [0.3, 0.4) is 0 Å². The molecule has 0 spiro atoms. The Kier molecular flexibility index (Phi) is 8.20. The zero-order chi connectivity index (χ0) is 24.5. The number of benzene rings is 1. The molecule has 3 fully saturated rings. The highest BCUT2D eigenvalue weighted by Crippen LogP contribution is 2.30. The molecule has 2 heterocycles. The number of aliphatic hydroxyl groups excluding tert-OH is 1. The fourth-order valence-electron chi connectivity index (χ4n) is 5.41. The first-order valence-corrected chi connectivity index (χ1v) is 13.2. The van der Waals surface area contributed by atoms with E-state index in [1.807, 2.05) is 39.0 Å². The minimum absolute atomic E-state index is 0.319. The quantitative estimate of drug-likeness (QED) is 0.648. The second-order valence-corrected chi connectivity index (χ2v) is 11.5. The third-order valence-electron chi connectivity index (χ3n) is 7.22. The van der Waals surface area contributed by atoms with E-state index in [2.05, 4.69) is 14.7 Å². The fraction of sp³-hybridized carbons (Fsp3) is 0.720. The van der Waals surface area contributed by atoms with Crippen LogP contribution in [0.4, 0.5) is 10.5 Å². The van der Waals surface area contributed by atoms with Crippen molar-refractivity contribution in [3.63, 3.8) is 0 Å². The molecule has 0 bridgehead atoms. The molecule has 2 saturated heterocycles. The van der Waals surface area contributed by atoms with Crippen LogP contribution in [0.25, 0.3) is 0 Å². The Bertz CT molecular complexity index is 851. The molecule has 1 aromatic rings. The number of ether oxygens (including phenoxy) is 1. The van der Waals surface area contributed by atoms with E-state index in [0.717, 1.165) is 25.3 Å². The van der Waals surface area contributed by atoms with Crippen molar-refractivity contribution in [1.82, 2.24) is 14.7 Å². The average molecular weight is 514 g/mol. The average Bonchev–Trinajstić information content (AvgIpc) is 3.34. The van der Waals surface area contributed by atoms with E-state index in [0.29, 0.717) is 42.3 Å². The van der Waals surface area contributed by atoms with E-state index in [4.69, 9.17) is 27.9 Å². The van der Waals surface area contributed by atoms with Gasteiger partial charge in [0, 0.05) is 57.5 Å². The molecule has 1 unspecified atom stereocenters. The zero-order valence-corrected chi connectivity index (χ0v) is 22.1. The number of piperazine rings is 2. The molecule has 7 nitrogen and oxygen atoms in total. The number of hydrogen-bond donors (Lipinski definition) is 1. The summed E-state index contributed by atoms with van der Waals surface area (Å²) < 4.78 is 5.71. The molecule has 1 N–H and O–H groups in total. The van der Waals surface area contributed by atoms with Crippen LogP contribution in [-0.4, -0.2) is 95.6 Å². The van der Waals surface area contributed by atoms with E-state index in [9.17, 15) is 9.90 Å². The minimum atomic E-state index is -0.743. The lowest BCUT2D eigenvalue weighted by molar-refractivity contribution is -0.0934. The molecular weight excluding hydrogens is 475 g/mol. The summed E-state index contributed by atoms with van der Waals surface area (Å²) in [6, 6.07) is 5.92. The molecule has 34 heavy (non-hydrogen) atoms. The van der Waals surface area contributed by atoms with Gasteiger partial charge in [0.05, 0.1) is 16.1 Å². The normalized spacial score (nSPS) is 24.5. The van der Waals surface area contributed by atoms with Gasteiger partial charge in [0.1, 0.15) is 11.8 Å². The molecule has 1 amide bonds. The second kappa shape index (κ2) is 10.8. The first-order valence-electron chi connectivity index (χ1n) is 12.5. The Hall–Kier alpha value is -1.25. The standard InChI is InChI=1S/C25H38Cl2N4O3/c1-25(2,3)34-24(33)31-15-14-30(18-6-4-5-7-18)17-22(31)23(32)29-12-10-28(11-13-29)19-8-9-20(26)21(27)16-19/h8-9,16,18,22-23,32H,4-7,10-15,17H2,1-3H3/t22-,23?/m1/s1. The number of aliphatic hydroxyl groups is 1. The van der Waals surface area contributed by atoms with Crippen LogP contribution in [-0.2, 0) is 4.74 Å². The summed E-state index contributed by atoms with van der Waals surface area (Å²) in [6.45, 7) is 10.7. The maximum atomic E-state index is 13.1. The molecule has 2 atom stereocenters. The molecule has 1 aliphatic carbocycles. The number of anilines is 1. The third kappa shape index (κ3) is 6.11. The Labute approximate surface area is 213 Å². The smallest absolute Gasteiger partial charge is 0.410 e. The summed E-state index contributed by atoms with van der Waals surface area (Å²) in [7, 11) is 0. The van der Waals surface area contributed by atoms with Gasteiger partial charge in [-0.25, -0.2) is 4.79 Å². The van der Waals surface area contributed by atoms with Crippen molar-refractivity contribution in [2.75, 3.05) is 50.7 Å². The van der Waals surface area contributed by atoms with Gasteiger partial charge >= 0.3 is 6.09 Å². The van der Waals surface area contributed by atoms with Gasteiger partial charge in [0.15, 0.2) is 0 Å². The van der Waals surface area contributed by atoms with E-state index < -0.39 is 11.8 Å². The highest BCUT2D eigenvalue weighted by molar-refractivity contribution is 6.42. The topological polar surface area (TPSA) is 59.5 Å². The fourth-order valence-corrected chi connectivity index (χ4v) is 5.70. The van der Waals surface area contributed by atoms with Gasteiger partial charge in [-0.1, -0.05) is 36.0 Å². The Balaban J connectivity index is 1.44. The van der Waals surface area contributed by atoms with Gasteiger partial charge in [0.2, 0.25) is 0 Å². The molecule has 1 saturated carbocycles. The number of rotatable bonds is 4. The van der Waals surface area contributed by atoms with Crippen LogP contribution >= 0.6 is 23.2 Å². The second-order valence-electron chi connectivity index (χ2n) is 10.7. The highest BCUT2D eigenvalue weighted by Gasteiger charge is 2.42. The van der Waals surface area contributed by atoms with Gasteiger partial charge in [-0.3, -0.25) is 14.7 Å². The van der Waals surface area contributed by atoms with Crippen molar-refractivity contribution in [2.24, 2.45) is 0 Å². The van der Waals surface area contributed by atoms with E-state index in [-0.39, 0.29) is 12.1 Å². The van der Waals surface area contributed by atoms with Crippen LogP contribution in [0.15, 0.2) is 18.2 Å². The van der Waals surface area contributed by atoms with Gasteiger partial charge in [-0.05, 0) is 51.8 Å². The van der Waals surface area contributed by atoms with Crippen molar-refractivity contribution < 1.29 is 14.6 Å². The lowest BCUT2D eigenvalue weighted by Crippen LogP contribution is -2.66. The van der Waals surface area contributed by atoms with E-state index in [1.165, 1.54) is 25.7 Å². The molecule has 3 aliphatic rings. The van der Waals surface area contributed by atoms with Crippen molar-refractivity contribution >= 4 is 35.0 Å². The number of halogens is 2. The van der Waals surface area contributed by atoms with Gasteiger partial charge in [-0.15, -0.1) is 0 Å². The maximum Gasteiger partial charge on any atom is 0.410 e. The van der Waals surface area contributed by atoms with Crippen molar-refractivity contribution in [2.45, 2.75) is 70.4 Å². The SMILES string of the molecule is CC(C)(C)OC(=O)N1CCN(C2CCCC2)C[C@@H]1C(O)N1CCN(c2ccc(Cl)c(Cl)c2)CC1. The highest BCUT2D eigenvalue weighted by atomic mass is 35.5. The zero-order valence-electron chi connectivity index (χ0n) is 20.6. The lowest BCUT2D eigenvalue weighted by Gasteiger charge is -2.48. The van der Waals surface area contributed by atoms with Gasteiger partial charge in [0.25, 0.3) is 0 Å². The Morgan fingerprint density at radius 3 is 2.32 bits per heavy atom. The predicted octanol–water partition coefficient (Wildman–Crippen LogP) is 4.30. The van der Waals surface area contributed by atoms with Crippen molar-refractivity contribution in [3.05, 3.63) is 28.2 Å². The Morgan fingerprint density at radius 1 is 1.03 bits per heavy atom. The van der Waals surface area contributed by atoms with Crippen LogP contribution < -0.4 is 4.90 Å². The van der Waals surface area contributed by atoms with Gasteiger partial charge in [-0.2, -0.15) is 0 Å². The molecule has 4 rings (SSSR count). The lowest BCUT2D eigenvalue weighted by atomic mass is 10.1. The largest absolute Gasteiger partial charge is 0.444 e. The predicted molar refractivity (Wildman–Crippen MR) is 137 cm³/mol. The van der Waals surface area contributed by atoms with Crippen LogP contribution in [0.2, 0.25) is 10.0 Å². The molecular formula is C25H38Cl2N4O3. The maximum absolute atomic E-state index is 13.1. The summed E-state index contributed by atoms with van der Waals surface area (Å²) >= 11 is 12.3. The summed E-state index contributed by atoms with van der Waals surface area (Å²) in [5.74, 6) is 0. The van der Waals surface area contributed by atoms with Gasteiger partial charge < -0.3 is 14.7 Å². The summed E-state index contributed by atoms with van der Waals surface area (Å²) in [4.78, 5) is 21.6. The number of nitrogens with zero attached hydrogens (tertiary/aromatic N) is 4. The number of carbonyl (C=O) groups excluding carboxylic acids is 1. The first-order chi connectivity index (χ1) is 16.1. The molecule has 0 radical (unpaired) electrons. The first kappa shape index (κ1) is 25.8. The summed E-state index contributed by atoms with van der Waals surface area (Å²) in [5, 5.41) is 12.6. The Morgan fingerprint density at radius 2 is 1.71 bits per heavy atom. The number of carbonyl (C=O) groups is 1. The number of amides is 1.